The van der Waals surface area contributed by atoms with Gasteiger partial charge in [0.2, 0.25) is 0 Å². The van der Waals surface area contributed by atoms with E-state index in [1.54, 1.807) is 12.1 Å². The van der Waals surface area contributed by atoms with Crippen molar-refractivity contribution < 1.29 is 4.39 Å². The van der Waals surface area contributed by atoms with Crippen LogP contribution in [0.4, 0.5) is 4.39 Å². The summed E-state index contributed by atoms with van der Waals surface area (Å²) in [4.78, 5) is 2.48. The number of hydrogen-bond donors (Lipinski definition) is 1. The summed E-state index contributed by atoms with van der Waals surface area (Å²) < 4.78 is 13.3. The maximum absolute atomic E-state index is 13.3. The summed E-state index contributed by atoms with van der Waals surface area (Å²) in [5, 5.41) is 0. The van der Waals surface area contributed by atoms with Gasteiger partial charge in [-0.15, -0.1) is 0 Å². The lowest BCUT2D eigenvalue weighted by atomic mass is 9.78. The summed E-state index contributed by atoms with van der Waals surface area (Å²) in [6.45, 7) is 4.37. The zero-order chi connectivity index (χ0) is 13.4. The van der Waals surface area contributed by atoms with Crippen LogP contribution in [0.3, 0.4) is 0 Å². The first kappa shape index (κ1) is 13.1. The highest BCUT2D eigenvalue weighted by molar-refractivity contribution is 5.20. The van der Waals surface area contributed by atoms with Gasteiger partial charge < -0.3 is 5.73 Å². The number of benzene rings is 1. The Morgan fingerprint density at radius 3 is 2.89 bits per heavy atom. The van der Waals surface area contributed by atoms with E-state index in [4.69, 9.17) is 5.73 Å². The second kappa shape index (κ2) is 5.22. The molecule has 104 valence electrons. The fraction of sp³-hybridized carbons (Fsp3) is 0.625. The molecule has 2 aliphatic rings. The quantitative estimate of drug-likeness (QED) is 0.888. The maximum Gasteiger partial charge on any atom is 0.123 e. The molecule has 4 atom stereocenters. The van der Waals surface area contributed by atoms with Crippen molar-refractivity contribution in [2.24, 2.45) is 17.6 Å². The molecule has 0 bridgehead atoms. The van der Waals surface area contributed by atoms with Crippen molar-refractivity contribution in [1.82, 2.24) is 4.90 Å². The molecule has 1 heterocycles. The standard InChI is InChI=1S/C16H23FN2/c1-11(12-4-2-6-14(17)8-12)19-9-13-5-3-7-16(18)15(13)10-19/h2,4,6,8,11,13,15-16H,3,5,7,9-10,18H2,1H3. The van der Waals surface area contributed by atoms with Gasteiger partial charge in [-0.2, -0.15) is 0 Å². The fourth-order valence-corrected chi connectivity index (χ4v) is 3.84. The van der Waals surface area contributed by atoms with Crippen LogP contribution in [0, 0.1) is 17.7 Å². The maximum atomic E-state index is 13.3. The summed E-state index contributed by atoms with van der Waals surface area (Å²) in [7, 11) is 0. The second-order valence-electron chi connectivity index (χ2n) is 6.20. The van der Waals surface area contributed by atoms with Gasteiger partial charge in [-0.25, -0.2) is 4.39 Å². The lowest BCUT2D eigenvalue weighted by Gasteiger charge is -2.30. The summed E-state index contributed by atoms with van der Waals surface area (Å²) >= 11 is 0. The molecule has 0 amide bonds. The van der Waals surface area contributed by atoms with Crippen molar-refractivity contribution in [2.75, 3.05) is 13.1 Å². The largest absolute Gasteiger partial charge is 0.327 e. The first-order chi connectivity index (χ1) is 9.15. The van der Waals surface area contributed by atoms with Crippen LogP contribution in [-0.4, -0.2) is 24.0 Å². The van der Waals surface area contributed by atoms with Gasteiger partial charge in [0.1, 0.15) is 5.82 Å². The van der Waals surface area contributed by atoms with E-state index in [1.807, 2.05) is 6.07 Å². The van der Waals surface area contributed by atoms with E-state index in [0.29, 0.717) is 12.0 Å². The number of halogens is 1. The van der Waals surface area contributed by atoms with Crippen LogP contribution in [-0.2, 0) is 0 Å². The molecule has 1 aliphatic carbocycles. The molecule has 4 unspecified atom stereocenters. The van der Waals surface area contributed by atoms with E-state index in [1.165, 1.54) is 25.3 Å². The Labute approximate surface area is 114 Å². The van der Waals surface area contributed by atoms with Crippen molar-refractivity contribution in [3.63, 3.8) is 0 Å². The summed E-state index contributed by atoms with van der Waals surface area (Å²) in [5.41, 5.74) is 7.33. The topological polar surface area (TPSA) is 29.3 Å². The molecule has 0 aromatic heterocycles. The zero-order valence-electron chi connectivity index (χ0n) is 11.6. The normalized spacial score (nSPS) is 33.1. The van der Waals surface area contributed by atoms with Crippen molar-refractivity contribution in [3.05, 3.63) is 35.6 Å². The van der Waals surface area contributed by atoms with Crippen LogP contribution in [0.15, 0.2) is 24.3 Å². The number of nitrogens with zero attached hydrogens (tertiary/aromatic N) is 1. The predicted molar refractivity (Wildman–Crippen MR) is 75.2 cm³/mol. The minimum absolute atomic E-state index is 0.141. The number of rotatable bonds is 2. The minimum Gasteiger partial charge on any atom is -0.327 e. The third-order valence-electron chi connectivity index (χ3n) is 5.06. The number of nitrogens with two attached hydrogens (primary N) is 1. The molecule has 1 aromatic carbocycles. The fourth-order valence-electron chi connectivity index (χ4n) is 3.84. The average molecular weight is 262 g/mol. The molecular formula is C16H23FN2. The van der Waals surface area contributed by atoms with Crippen LogP contribution in [0.1, 0.15) is 37.8 Å². The highest BCUT2D eigenvalue weighted by Crippen LogP contribution is 2.38. The minimum atomic E-state index is -0.141. The molecule has 0 radical (unpaired) electrons. The summed E-state index contributed by atoms with van der Waals surface area (Å²) in [5.74, 6) is 1.25. The van der Waals surface area contributed by atoms with Crippen LogP contribution >= 0.6 is 0 Å². The Morgan fingerprint density at radius 1 is 1.32 bits per heavy atom. The number of hydrogen-bond acceptors (Lipinski definition) is 2. The van der Waals surface area contributed by atoms with Crippen LogP contribution in [0.25, 0.3) is 0 Å². The molecule has 3 rings (SSSR count). The Kier molecular flexibility index (Phi) is 3.59. The van der Waals surface area contributed by atoms with Gasteiger partial charge in [-0.3, -0.25) is 4.90 Å². The lowest BCUT2D eigenvalue weighted by Crippen LogP contribution is -2.38. The zero-order valence-corrected chi connectivity index (χ0v) is 11.6. The lowest BCUT2D eigenvalue weighted by molar-refractivity contribution is 0.245. The SMILES string of the molecule is CC(c1cccc(F)c1)N1CC2CCCC(N)C2C1. The Morgan fingerprint density at radius 2 is 2.16 bits per heavy atom. The van der Waals surface area contributed by atoms with Gasteiger partial charge in [-0.05, 0) is 49.3 Å². The first-order valence-corrected chi connectivity index (χ1v) is 7.40. The highest BCUT2D eigenvalue weighted by Gasteiger charge is 2.40. The van der Waals surface area contributed by atoms with Crippen molar-refractivity contribution >= 4 is 0 Å². The molecule has 2 nitrogen and oxygen atoms in total. The molecule has 3 heteroatoms. The van der Waals surface area contributed by atoms with E-state index < -0.39 is 0 Å². The van der Waals surface area contributed by atoms with Crippen molar-refractivity contribution in [1.29, 1.82) is 0 Å². The van der Waals surface area contributed by atoms with Gasteiger partial charge in [0.05, 0.1) is 0 Å². The van der Waals surface area contributed by atoms with Gasteiger partial charge in [-0.1, -0.05) is 18.6 Å². The predicted octanol–water partition coefficient (Wildman–Crippen LogP) is 2.95. The summed E-state index contributed by atoms with van der Waals surface area (Å²) in [6, 6.07) is 7.64. The Hall–Kier alpha value is -0.930. The van der Waals surface area contributed by atoms with Crippen molar-refractivity contribution in [3.8, 4) is 0 Å². The van der Waals surface area contributed by atoms with Gasteiger partial charge in [0.25, 0.3) is 0 Å². The smallest absolute Gasteiger partial charge is 0.123 e. The second-order valence-corrected chi connectivity index (χ2v) is 6.20. The molecule has 1 aliphatic heterocycles. The number of fused-ring (bicyclic) bond motifs is 1. The van der Waals surface area contributed by atoms with Gasteiger partial charge in [0.15, 0.2) is 0 Å². The number of likely N-dealkylation sites (tertiary alicyclic amines) is 1. The Bertz CT molecular complexity index is 448. The van der Waals surface area contributed by atoms with Crippen LogP contribution < -0.4 is 5.73 Å². The van der Waals surface area contributed by atoms with E-state index in [0.717, 1.165) is 24.6 Å². The van der Waals surface area contributed by atoms with Gasteiger partial charge in [0, 0.05) is 25.2 Å². The molecule has 2 N–H and O–H groups in total. The van der Waals surface area contributed by atoms with Crippen LogP contribution in [0.2, 0.25) is 0 Å². The molecule has 1 saturated heterocycles. The highest BCUT2D eigenvalue weighted by atomic mass is 19.1. The molecule has 2 fully saturated rings. The molecule has 1 aromatic rings. The Balaban J connectivity index is 1.73. The molecule has 19 heavy (non-hydrogen) atoms. The third-order valence-corrected chi connectivity index (χ3v) is 5.06. The van der Waals surface area contributed by atoms with E-state index in [9.17, 15) is 4.39 Å². The van der Waals surface area contributed by atoms with Crippen molar-refractivity contribution in [2.45, 2.75) is 38.3 Å². The van der Waals surface area contributed by atoms with E-state index in [2.05, 4.69) is 11.8 Å². The molecular weight excluding hydrogens is 239 g/mol. The third kappa shape index (κ3) is 2.54. The summed E-state index contributed by atoms with van der Waals surface area (Å²) in [6.07, 6.45) is 3.75. The molecule has 1 saturated carbocycles. The van der Waals surface area contributed by atoms with E-state index in [-0.39, 0.29) is 11.9 Å². The van der Waals surface area contributed by atoms with E-state index >= 15 is 0 Å². The average Bonchev–Trinajstić information content (AvgIpc) is 2.83. The van der Waals surface area contributed by atoms with Gasteiger partial charge >= 0.3 is 0 Å². The molecule has 0 spiro atoms. The first-order valence-electron chi connectivity index (χ1n) is 7.40. The van der Waals surface area contributed by atoms with Crippen LogP contribution in [0.5, 0.6) is 0 Å². The monoisotopic (exact) mass is 262 g/mol.